The van der Waals surface area contributed by atoms with E-state index >= 15 is 0 Å². The van der Waals surface area contributed by atoms with Crippen LogP contribution in [0.1, 0.15) is 5.56 Å². The topological polar surface area (TPSA) is 44.0 Å². The lowest BCUT2D eigenvalue weighted by Crippen LogP contribution is -1.82. The van der Waals surface area contributed by atoms with Crippen molar-refractivity contribution in [2.75, 3.05) is 6.61 Å². The van der Waals surface area contributed by atoms with Gasteiger partial charge in [-0.2, -0.15) is 5.26 Å². The molecule has 18 heavy (non-hydrogen) atoms. The van der Waals surface area contributed by atoms with E-state index in [4.69, 9.17) is 10.4 Å². The van der Waals surface area contributed by atoms with Crippen LogP contribution in [0.25, 0.3) is 11.1 Å². The van der Waals surface area contributed by atoms with Gasteiger partial charge in [-0.05, 0) is 17.2 Å². The lowest BCUT2D eigenvalue weighted by Gasteiger charge is -2.02. The second-order valence-corrected chi connectivity index (χ2v) is 3.49. The molecule has 2 aromatic carbocycles. The van der Waals surface area contributed by atoms with Gasteiger partial charge in [0.15, 0.2) is 0 Å². The summed E-state index contributed by atoms with van der Waals surface area (Å²) in [6.45, 7) is 3.31. The highest BCUT2D eigenvalue weighted by Crippen LogP contribution is 2.22. The van der Waals surface area contributed by atoms with E-state index in [0.29, 0.717) is 0 Å². The molecule has 2 aromatic rings. The van der Waals surface area contributed by atoms with Crippen molar-refractivity contribution in [1.29, 1.82) is 5.26 Å². The second kappa shape index (κ2) is 7.83. The molecule has 90 valence electrons. The summed E-state index contributed by atoms with van der Waals surface area (Å²) in [6.07, 6.45) is 1.43. The molecule has 0 heterocycles. The molecule has 0 fully saturated rings. The van der Waals surface area contributed by atoms with Crippen LogP contribution in [-0.2, 0) is 0 Å². The van der Waals surface area contributed by atoms with Crippen molar-refractivity contribution in [2.24, 2.45) is 0 Å². The molecule has 0 aliphatic heterocycles. The minimum Gasteiger partial charge on any atom is -0.392 e. The normalized spacial score (nSPS) is 8.67. The van der Waals surface area contributed by atoms with E-state index in [0.717, 1.165) is 16.7 Å². The number of hydrogen-bond acceptors (Lipinski definition) is 2. The van der Waals surface area contributed by atoms with Gasteiger partial charge in [0.2, 0.25) is 0 Å². The Morgan fingerprint density at radius 2 is 1.61 bits per heavy atom. The summed E-state index contributed by atoms with van der Waals surface area (Å²) in [5, 5.41) is 16.7. The van der Waals surface area contributed by atoms with E-state index in [1.165, 1.54) is 6.08 Å². The summed E-state index contributed by atoms with van der Waals surface area (Å²) in [7, 11) is 0. The highest BCUT2D eigenvalue weighted by molar-refractivity contribution is 5.70. The van der Waals surface area contributed by atoms with Gasteiger partial charge in [-0.1, -0.05) is 54.6 Å². The third-order valence-corrected chi connectivity index (χ3v) is 2.26. The zero-order valence-corrected chi connectivity index (χ0v) is 10.1. The Balaban J connectivity index is 0.000000357. The first kappa shape index (κ1) is 13.7. The van der Waals surface area contributed by atoms with Gasteiger partial charge in [0.1, 0.15) is 0 Å². The Bertz CT molecular complexity index is 526. The van der Waals surface area contributed by atoms with Crippen LogP contribution in [0, 0.1) is 11.3 Å². The molecule has 0 saturated carbocycles. The number of aliphatic hydroxyl groups excluding tert-OH is 1. The van der Waals surface area contributed by atoms with Crippen LogP contribution in [0.2, 0.25) is 0 Å². The fraction of sp³-hybridized carbons (Fsp3) is 0.0625. The molecule has 0 unspecified atom stereocenters. The van der Waals surface area contributed by atoms with Crippen molar-refractivity contribution >= 4 is 0 Å². The monoisotopic (exact) mass is 237 g/mol. The number of nitrogens with zero attached hydrogens (tertiary/aromatic N) is 1. The van der Waals surface area contributed by atoms with E-state index in [-0.39, 0.29) is 6.61 Å². The van der Waals surface area contributed by atoms with Crippen molar-refractivity contribution in [3.05, 3.63) is 72.8 Å². The molecular formula is C16H15NO. The molecule has 0 aliphatic carbocycles. The van der Waals surface area contributed by atoms with Gasteiger partial charge >= 0.3 is 0 Å². The first-order valence-electron chi connectivity index (χ1n) is 5.59. The van der Waals surface area contributed by atoms with Gasteiger partial charge in [-0.15, -0.1) is 6.58 Å². The van der Waals surface area contributed by atoms with E-state index in [1.54, 1.807) is 0 Å². The lowest BCUT2D eigenvalue weighted by molar-refractivity contribution is 0.343. The highest BCUT2D eigenvalue weighted by Gasteiger charge is 2.01. The van der Waals surface area contributed by atoms with Crippen molar-refractivity contribution in [3.8, 4) is 17.2 Å². The summed E-state index contributed by atoms with van der Waals surface area (Å²) in [6, 6.07) is 19.8. The average molecular weight is 237 g/mol. The summed E-state index contributed by atoms with van der Waals surface area (Å²) >= 11 is 0. The molecule has 2 heteroatoms. The van der Waals surface area contributed by atoms with Gasteiger partial charge in [0, 0.05) is 0 Å². The molecule has 0 spiro atoms. The van der Waals surface area contributed by atoms with Gasteiger partial charge in [0.25, 0.3) is 0 Å². The summed E-state index contributed by atoms with van der Waals surface area (Å²) in [5.74, 6) is 0. The van der Waals surface area contributed by atoms with Crippen molar-refractivity contribution in [2.45, 2.75) is 0 Å². The first-order valence-corrected chi connectivity index (χ1v) is 5.59. The van der Waals surface area contributed by atoms with Crippen LogP contribution < -0.4 is 0 Å². The molecule has 1 N–H and O–H groups in total. The zero-order chi connectivity index (χ0) is 13.2. The predicted octanol–water partition coefficient (Wildman–Crippen LogP) is 3.39. The fourth-order valence-electron chi connectivity index (χ4n) is 1.45. The third kappa shape index (κ3) is 3.89. The van der Waals surface area contributed by atoms with Crippen LogP contribution in [-0.4, -0.2) is 11.7 Å². The van der Waals surface area contributed by atoms with Crippen LogP contribution >= 0.6 is 0 Å². The van der Waals surface area contributed by atoms with Gasteiger partial charge in [-0.25, -0.2) is 0 Å². The van der Waals surface area contributed by atoms with Crippen molar-refractivity contribution in [1.82, 2.24) is 0 Å². The zero-order valence-electron chi connectivity index (χ0n) is 10.1. The first-order chi connectivity index (χ1) is 8.83. The van der Waals surface area contributed by atoms with Crippen LogP contribution in [0.4, 0.5) is 0 Å². The Kier molecular flexibility index (Phi) is 5.96. The minimum absolute atomic E-state index is 0.0833. The van der Waals surface area contributed by atoms with Crippen molar-refractivity contribution in [3.63, 3.8) is 0 Å². The number of hydrogen-bond donors (Lipinski definition) is 1. The number of aliphatic hydroxyl groups is 1. The second-order valence-electron chi connectivity index (χ2n) is 3.49. The molecule has 2 rings (SSSR count). The molecule has 0 bridgehead atoms. The molecule has 0 amide bonds. The molecule has 2 nitrogen and oxygen atoms in total. The summed E-state index contributed by atoms with van der Waals surface area (Å²) in [4.78, 5) is 0. The van der Waals surface area contributed by atoms with E-state index in [9.17, 15) is 0 Å². The number of nitriles is 1. The Labute approximate surface area is 107 Å². The van der Waals surface area contributed by atoms with Crippen LogP contribution in [0.3, 0.4) is 0 Å². The Morgan fingerprint density at radius 3 is 2.17 bits per heavy atom. The molecule has 0 aliphatic rings. The van der Waals surface area contributed by atoms with Crippen LogP contribution in [0.5, 0.6) is 0 Å². The van der Waals surface area contributed by atoms with Crippen LogP contribution in [0.15, 0.2) is 67.3 Å². The number of rotatable bonds is 2. The Hall–Kier alpha value is -2.37. The maximum absolute atomic E-state index is 8.93. The lowest BCUT2D eigenvalue weighted by atomic mass is 10.0. The molecular weight excluding hydrogens is 222 g/mol. The standard InChI is InChI=1S/C13H9N.C3H6O/c14-10-12-8-4-5-9-13(12)11-6-2-1-3-7-11;1-2-3-4/h1-9H;2,4H,1,3H2. The fourth-order valence-corrected chi connectivity index (χ4v) is 1.45. The maximum atomic E-state index is 8.93. The molecule has 0 aromatic heterocycles. The smallest absolute Gasteiger partial charge is 0.0998 e. The molecule has 0 saturated heterocycles. The van der Waals surface area contributed by atoms with Gasteiger partial charge < -0.3 is 5.11 Å². The highest BCUT2D eigenvalue weighted by atomic mass is 16.2. The third-order valence-electron chi connectivity index (χ3n) is 2.26. The molecule has 0 atom stereocenters. The average Bonchev–Trinajstić information content (AvgIpc) is 2.48. The SMILES string of the molecule is C=CCO.N#Cc1ccccc1-c1ccccc1. The summed E-state index contributed by atoms with van der Waals surface area (Å²) < 4.78 is 0. The van der Waals surface area contributed by atoms with Gasteiger partial charge in [-0.3, -0.25) is 0 Å². The number of benzene rings is 2. The van der Waals surface area contributed by atoms with Crippen molar-refractivity contribution < 1.29 is 5.11 Å². The van der Waals surface area contributed by atoms with E-state index in [2.05, 4.69) is 12.6 Å². The van der Waals surface area contributed by atoms with E-state index < -0.39 is 0 Å². The predicted molar refractivity (Wildman–Crippen MR) is 73.9 cm³/mol. The summed E-state index contributed by atoms with van der Waals surface area (Å²) in [5.41, 5.74) is 2.80. The maximum Gasteiger partial charge on any atom is 0.0998 e. The molecule has 0 radical (unpaired) electrons. The largest absolute Gasteiger partial charge is 0.392 e. The quantitative estimate of drug-likeness (QED) is 0.814. The van der Waals surface area contributed by atoms with Gasteiger partial charge in [0.05, 0.1) is 18.2 Å². The van der Waals surface area contributed by atoms with E-state index in [1.807, 2.05) is 54.6 Å². The Morgan fingerprint density at radius 1 is 1.06 bits per heavy atom. The minimum atomic E-state index is 0.0833.